The normalized spacial score (nSPS) is 16.6. The van der Waals surface area contributed by atoms with Gasteiger partial charge in [-0.2, -0.15) is 0 Å². The average Bonchev–Trinajstić information content (AvgIpc) is 3.26. The molecule has 0 aliphatic carbocycles. The van der Waals surface area contributed by atoms with Crippen LogP contribution in [0.15, 0.2) is 29.3 Å². The number of hydrogen-bond acceptors (Lipinski definition) is 4. The van der Waals surface area contributed by atoms with Gasteiger partial charge < -0.3 is 25.4 Å². The van der Waals surface area contributed by atoms with Crippen molar-refractivity contribution in [3.05, 3.63) is 29.8 Å². The molecule has 0 saturated carbocycles. The first-order valence-corrected chi connectivity index (χ1v) is 10.8. The Balaban J connectivity index is 1.79. The van der Waals surface area contributed by atoms with E-state index in [0.717, 1.165) is 75.6 Å². The molecule has 1 aliphatic heterocycles. The maximum atomic E-state index is 12.2. The summed E-state index contributed by atoms with van der Waals surface area (Å²) in [6.07, 6.45) is 4.63. The first-order valence-electron chi connectivity index (χ1n) is 10.8. The van der Waals surface area contributed by atoms with E-state index >= 15 is 0 Å². The molecule has 162 valence electrons. The number of carbonyl (C=O) groups excluding carboxylic acids is 1. The van der Waals surface area contributed by atoms with Crippen molar-refractivity contribution in [2.24, 2.45) is 4.99 Å². The summed E-state index contributed by atoms with van der Waals surface area (Å²) in [7, 11) is 0. The van der Waals surface area contributed by atoms with Crippen LogP contribution in [0.1, 0.15) is 51.5 Å². The topological polar surface area (TPSA) is 84.0 Å². The van der Waals surface area contributed by atoms with Crippen LogP contribution < -0.4 is 16.0 Å². The zero-order valence-corrected chi connectivity index (χ0v) is 17.8. The van der Waals surface area contributed by atoms with E-state index < -0.39 is 0 Å². The second-order valence-electron chi connectivity index (χ2n) is 7.13. The van der Waals surface area contributed by atoms with Gasteiger partial charge in [-0.1, -0.05) is 25.5 Å². The number of amides is 1. The number of benzene rings is 1. The fourth-order valence-corrected chi connectivity index (χ4v) is 3.00. The minimum atomic E-state index is -0.327. The van der Waals surface area contributed by atoms with E-state index in [1.807, 2.05) is 31.2 Å². The molecule has 0 radical (unpaired) electrons. The van der Waals surface area contributed by atoms with Crippen LogP contribution in [0.2, 0.25) is 0 Å². The van der Waals surface area contributed by atoms with Crippen LogP contribution in [0.25, 0.3) is 0 Å². The summed E-state index contributed by atoms with van der Waals surface area (Å²) >= 11 is 0. The van der Waals surface area contributed by atoms with Crippen molar-refractivity contribution in [2.75, 3.05) is 38.2 Å². The first-order chi connectivity index (χ1) is 14.2. The number of ether oxygens (including phenoxy) is 2. The Bertz CT molecular complexity index is 630. The van der Waals surface area contributed by atoms with Crippen LogP contribution in [0.5, 0.6) is 0 Å². The lowest BCUT2D eigenvalue weighted by atomic mass is 10.2. The molecular weight excluding hydrogens is 368 g/mol. The third kappa shape index (κ3) is 9.28. The summed E-state index contributed by atoms with van der Waals surface area (Å²) in [4.78, 5) is 16.9. The molecule has 1 aliphatic rings. The largest absolute Gasteiger partial charge is 0.381 e. The minimum absolute atomic E-state index is 0.0701. The van der Waals surface area contributed by atoms with Gasteiger partial charge in [0, 0.05) is 38.6 Å². The molecule has 0 aromatic heterocycles. The Morgan fingerprint density at radius 1 is 1.24 bits per heavy atom. The molecule has 3 N–H and O–H groups in total. The van der Waals surface area contributed by atoms with E-state index in [9.17, 15) is 4.79 Å². The fraction of sp³-hybridized carbons (Fsp3) is 0.636. The maximum absolute atomic E-state index is 12.2. The van der Waals surface area contributed by atoms with Crippen LogP contribution in [0, 0.1) is 0 Å². The van der Waals surface area contributed by atoms with Crippen LogP contribution in [0.3, 0.4) is 0 Å². The predicted octanol–water partition coefficient (Wildman–Crippen LogP) is 3.07. The highest BCUT2D eigenvalue weighted by molar-refractivity contribution is 5.94. The third-order valence-corrected chi connectivity index (χ3v) is 4.58. The van der Waals surface area contributed by atoms with Crippen LogP contribution in [0.4, 0.5) is 5.69 Å². The van der Waals surface area contributed by atoms with Crippen LogP contribution >= 0.6 is 0 Å². The van der Waals surface area contributed by atoms with Gasteiger partial charge in [0.05, 0.1) is 6.54 Å². The minimum Gasteiger partial charge on any atom is -0.381 e. The molecule has 0 spiro atoms. The lowest BCUT2D eigenvalue weighted by Gasteiger charge is -2.12. The lowest BCUT2D eigenvalue weighted by molar-refractivity contribution is -0.124. The summed E-state index contributed by atoms with van der Waals surface area (Å²) in [5.74, 6) is 0.717. The molecule has 7 heteroatoms. The molecule has 1 aromatic rings. The molecule has 1 saturated heterocycles. The second kappa shape index (κ2) is 14.0. The van der Waals surface area contributed by atoms with Crippen molar-refractivity contribution in [1.82, 2.24) is 10.6 Å². The lowest BCUT2D eigenvalue weighted by Crippen LogP contribution is -2.38. The van der Waals surface area contributed by atoms with Gasteiger partial charge >= 0.3 is 0 Å². The molecule has 29 heavy (non-hydrogen) atoms. The van der Waals surface area contributed by atoms with Crippen molar-refractivity contribution in [3.8, 4) is 0 Å². The first kappa shape index (κ1) is 23.2. The van der Waals surface area contributed by atoms with Crippen molar-refractivity contribution in [2.45, 2.75) is 58.6 Å². The smallest absolute Gasteiger partial charge is 0.253 e. The van der Waals surface area contributed by atoms with Gasteiger partial charge in [0.1, 0.15) is 6.10 Å². The van der Waals surface area contributed by atoms with E-state index in [1.165, 1.54) is 0 Å². The number of aliphatic imine (C=N–C) groups is 1. The van der Waals surface area contributed by atoms with Crippen molar-refractivity contribution in [3.63, 3.8) is 0 Å². The molecule has 2 rings (SSSR count). The molecule has 0 bridgehead atoms. The van der Waals surface area contributed by atoms with E-state index in [-0.39, 0.29) is 12.0 Å². The van der Waals surface area contributed by atoms with Gasteiger partial charge in [0.15, 0.2) is 5.96 Å². The molecule has 1 atom stereocenters. The molecular formula is C22H36N4O3. The highest BCUT2D eigenvalue weighted by Crippen LogP contribution is 2.16. The number of guanidine groups is 1. The van der Waals surface area contributed by atoms with Gasteiger partial charge in [-0.15, -0.1) is 0 Å². The second-order valence-corrected chi connectivity index (χ2v) is 7.13. The fourth-order valence-electron chi connectivity index (χ4n) is 3.00. The zero-order valence-electron chi connectivity index (χ0n) is 17.8. The van der Waals surface area contributed by atoms with Crippen molar-refractivity contribution >= 4 is 17.6 Å². The number of nitrogens with one attached hydrogen (secondary N) is 3. The summed E-state index contributed by atoms with van der Waals surface area (Å²) in [6.45, 7) is 8.63. The van der Waals surface area contributed by atoms with E-state index in [2.05, 4.69) is 27.9 Å². The highest BCUT2D eigenvalue weighted by Gasteiger charge is 2.23. The summed E-state index contributed by atoms with van der Waals surface area (Å²) < 4.78 is 11.0. The molecule has 1 aromatic carbocycles. The van der Waals surface area contributed by atoms with Crippen molar-refractivity contribution < 1.29 is 14.3 Å². The van der Waals surface area contributed by atoms with E-state index in [0.29, 0.717) is 13.2 Å². The Morgan fingerprint density at radius 3 is 2.86 bits per heavy atom. The highest BCUT2D eigenvalue weighted by atomic mass is 16.5. The number of nitrogens with zero attached hydrogens (tertiary/aromatic N) is 1. The monoisotopic (exact) mass is 404 g/mol. The number of hydrogen-bond donors (Lipinski definition) is 3. The standard InChI is InChI=1S/C22H36N4O3/c1-3-5-13-28-14-8-12-24-22(23-4-2)25-17-18-9-6-10-19(16-18)26-21(27)20-11-7-15-29-20/h6,9-10,16,20H,3-5,7-8,11-15,17H2,1-2H3,(H,26,27)(H2,23,24,25). The van der Waals surface area contributed by atoms with Gasteiger partial charge in [-0.3, -0.25) is 4.79 Å². The van der Waals surface area contributed by atoms with E-state index in [4.69, 9.17) is 9.47 Å². The maximum Gasteiger partial charge on any atom is 0.253 e. The molecule has 1 amide bonds. The Kier molecular flexibility index (Phi) is 11.1. The number of anilines is 1. The molecule has 7 nitrogen and oxygen atoms in total. The van der Waals surface area contributed by atoms with Gasteiger partial charge in [-0.25, -0.2) is 4.99 Å². The number of carbonyl (C=O) groups is 1. The quantitative estimate of drug-likeness (QED) is 0.283. The number of unbranched alkanes of at least 4 members (excludes halogenated alkanes) is 1. The Hall–Kier alpha value is -2.12. The molecule has 1 fully saturated rings. The van der Waals surface area contributed by atoms with Crippen LogP contribution in [-0.4, -0.2) is 50.9 Å². The van der Waals surface area contributed by atoms with Gasteiger partial charge in [-0.05, 0) is 50.3 Å². The average molecular weight is 405 g/mol. The summed E-state index contributed by atoms with van der Waals surface area (Å²) in [5, 5.41) is 9.54. The molecule has 1 heterocycles. The van der Waals surface area contributed by atoms with Crippen LogP contribution in [-0.2, 0) is 20.8 Å². The SMILES string of the molecule is CCCCOCCCNC(=NCc1cccc(NC(=O)C2CCCO2)c1)NCC. The van der Waals surface area contributed by atoms with Gasteiger partial charge in [0.25, 0.3) is 5.91 Å². The molecule has 1 unspecified atom stereocenters. The van der Waals surface area contributed by atoms with Gasteiger partial charge in [0.2, 0.25) is 0 Å². The summed E-state index contributed by atoms with van der Waals surface area (Å²) in [5.41, 5.74) is 1.82. The zero-order chi connectivity index (χ0) is 20.7. The Labute approximate surface area is 174 Å². The predicted molar refractivity (Wildman–Crippen MR) is 117 cm³/mol. The third-order valence-electron chi connectivity index (χ3n) is 4.58. The van der Waals surface area contributed by atoms with Crippen molar-refractivity contribution in [1.29, 1.82) is 0 Å². The Morgan fingerprint density at radius 2 is 2.10 bits per heavy atom. The number of rotatable bonds is 12. The van der Waals surface area contributed by atoms with E-state index in [1.54, 1.807) is 0 Å². The summed E-state index contributed by atoms with van der Waals surface area (Å²) in [6, 6.07) is 7.80.